The van der Waals surface area contributed by atoms with Gasteiger partial charge >= 0.3 is 0 Å². The number of carbonyl (C=O) groups is 1. The smallest absolute Gasteiger partial charge is 0.255 e. The first-order valence-electron chi connectivity index (χ1n) is 8.94. The van der Waals surface area contributed by atoms with E-state index in [1.165, 1.54) is 30.5 Å². The Kier molecular flexibility index (Phi) is 4.20. The van der Waals surface area contributed by atoms with E-state index in [1.54, 1.807) is 6.20 Å². The Morgan fingerprint density at radius 2 is 1.92 bits per heavy atom. The van der Waals surface area contributed by atoms with E-state index in [4.69, 9.17) is 0 Å². The summed E-state index contributed by atoms with van der Waals surface area (Å²) >= 11 is 0. The molecule has 1 aliphatic carbocycles. The fourth-order valence-corrected chi connectivity index (χ4v) is 3.86. The van der Waals surface area contributed by atoms with Crippen LogP contribution in [0.4, 0.5) is 11.5 Å². The fourth-order valence-electron chi connectivity index (χ4n) is 3.86. The van der Waals surface area contributed by atoms with Crippen molar-refractivity contribution in [1.82, 2.24) is 10.3 Å². The molecule has 0 atom stereocenters. The number of benzene rings is 1. The highest BCUT2D eigenvalue weighted by Gasteiger charge is 2.26. The molecule has 4 nitrogen and oxygen atoms in total. The molecule has 2 aliphatic rings. The van der Waals surface area contributed by atoms with Crippen molar-refractivity contribution in [2.75, 3.05) is 11.4 Å². The Hall–Kier alpha value is -2.36. The van der Waals surface area contributed by atoms with Crippen molar-refractivity contribution in [2.24, 2.45) is 0 Å². The van der Waals surface area contributed by atoms with Gasteiger partial charge < -0.3 is 10.2 Å². The van der Waals surface area contributed by atoms with Gasteiger partial charge in [-0.05, 0) is 43.0 Å². The second-order valence-electron chi connectivity index (χ2n) is 6.71. The summed E-state index contributed by atoms with van der Waals surface area (Å²) in [7, 11) is 0. The summed E-state index contributed by atoms with van der Waals surface area (Å²) in [6.07, 6.45) is 8.66. The highest BCUT2D eigenvalue weighted by molar-refractivity contribution is 6.00. The minimum atomic E-state index is 0.00869. The predicted octanol–water partition coefficient (Wildman–Crippen LogP) is 3.84. The summed E-state index contributed by atoms with van der Waals surface area (Å²) in [4.78, 5) is 19.5. The summed E-state index contributed by atoms with van der Waals surface area (Å²) in [5, 5.41) is 3.22. The molecule has 1 saturated carbocycles. The lowest BCUT2D eigenvalue weighted by Gasteiger charge is -2.25. The van der Waals surface area contributed by atoms with Crippen LogP contribution < -0.4 is 10.2 Å². The minimum Gasteiger partial charge on any atom is -0.349 e. The lowest BCUT2D eigenvalue weighted by Crippen LogP contribution is -2.37. The number of fused-ring (bicyclic) bond motifs is 1. The molecule has 0 unspecified atom stereocenters. The van der Waals surface area contributed by atoms with E-state index >= 15 is 0 Å². The van der Waals surface area contributed by atoms with E-state index in [1.807, 2.05) is 18.2 Å². The van der Waals surface area contributed by atoms with Gasteiger partial charge in [-0.3, -0.25) is 4.79 Å². The number of nitrogens with zero attached hydrogens (tertiary/aromatic N) is 2. The zero-order chi connectivity index (χ0) is 16.4. The molecule has 1 aromatic heterocycles. The van der Waals surface area contributed by atoms with Gasteiger partial charge in [0.1, 0.15) is 5.82 Å². The zero-order valence-electron chi connectivity index (χ0n) is 13.9. The molecule has 2 heterocycles. The van der Waals surface area contributed by atoms with Crippen molar-refractivity contribution in [3.63, 3.8) is 0 Å². The van der Waals surface area contributed by atoms with Crippen LogP contribution in [0.25, 0.3) is 0 Å². The average molecular weight is 321 g/mol. The van der Waals surface area contributed by atoms with Crippen LogP contribution in [-0.4, -0.2) is 23.5 Å². The molecule has 1 fully saturated rings. The van der Waals surface area contributed by atoms with Crippen LogP contribution in [0.1, 0.15) is 48.0 Å². The van der Waals surface area contributed by atoms with Crippen LogP contribution in [0.15, 0.2) is 42.6 Å². The molecule has 2 aromatic rings. The van der Waals surface area contributed by atoms with Gasteiger partial charge in [-0.25, -0.2) is 4.98 Å². The predicted molar refractivity (Wildman–Crippen MR) is 95.7 cm³/mol. The first-order valence-corrected chi connectivity index (χ1v) is 8.94. The van der Waals surface area contributed by atoms with Gasteiger partial charge in [0.2, 0.25) is 0 Å². The second kappa shape index (κ2) is 6.63. The third-order valence-electron chi connectivity index (χ3n) is 5.11. The van der Waals surface area contributed by atoms with E-state index in [0.29, 0.717) is 11.6 Å². The molecular formula is C20H23N3O. The largest absolute Gasteiger partial charge is 0.349 e. The summed E-state index contributed by atoms with van der Waals surface area (Å²) in [5.41, 5.74) is 3.17. The lowest BCUT2D eigenvalue weighted by molar-refractivity contribution is 0.0928. The molecule has 0 bridgehead atoms. The standard InChI is InChI=1S/C20H23N3O/c24-20(22-16-8-2-1-3-9-16)17-10-6-13-21-19(17)23-14-12-15-7-4-5-11-18(15)23/h4-7,10-11,13,16H,1-3,8-9,12,14H2,(H,22,24). The first kappa shape index (κ1) is 15.2. The van der Waals surface area contributed by atoms with Crippen LogP contribution in [0.3, 0.4) is 0 Å². The average Bonchev–Trinajstić information content (AvgIpc) is 3.06. The molecule has 0 radical (unpaired) electrons. The maximum absolute atomic E-state index is 12.8. The van der Waals surface area contributed by atoms with Crippen LogP contribution in [0.2, 0.25) is 0 Å². The number of para-hydroxylation sites is 1. The molecule has 1 aliphatic heterocycles. The zero-order valence-corrected chi connectivity index (χ0v) is 13.9. The monoisotopic (exact) mass is 321 g/mol. The number of hydrogen-bond acceptors (Lipinski definition) is 3. The Labute approximate surface area is 142 Å². The van der Waals surface area contributed by atoms with Gasteiger partial charge in [-0.15, -0.1) is 0 Å². The van der Waals surface area contributed by atoms with Gasteiger partial charge in [0.25, 0.3) is 5.91 Å². The van der Waals surface area contributed by atoms with E-state index < -0.39 is 0 Å². The quantitative estimate of drug-likeness (QED) is 0.934. The maximum Gasteiger partial charge on any atom is 0.255 e. The van der Waals surface area contributed by atoms with Crippen molar-refractivity contribution in [2.45, 2.75) is 44.6 Å². The van der Waals surface area contributed by atoms with Gasteiger partial charge in [0, 0.05) is 24.5 Å². The van der Waals surface area contributed by atoms with Gasteiger partial charge in [0.15, 0.2) is 0 Å². The highest BCUT2D eigenvalue weighted by atomic mass is 16.1. The van der Waals surface area contributed by atoms with Crippen molar-refractivity contribution in [1.29, 1.82) is 0 Å². The minimum absolute atomic E-state index is 0.00869. The number of anilines is 2. The number of rotatable bonds is 3. The Morgan fingerprint density at radius 3 is 2.79 bits per heavy atom. The summed E-state index contributed by atoms with van der Waals surface area (Å²) in [6, 6.07) is 12.4. The van der Waals surface area contributed by atoms with Gasteiger partial charge in [0.05, 0.1) is 5.56 Å². The van der Waals surface area contributed by atoms with E-state index in [0.717, 1.165) is 31.6 Å². The van der Waals surface area contributed by atoms with Crippen molar-refractivity contribution in [3.8, 4) is 0 Å². The summed E-state index contributed by atoms with van der Waals surface area (Å²) in [5.74, 6) is 0.783. The van der Waals surface area contributed by atoms with Gasteiger partial charge in [-0.2, -0.15) is 0 Å². The summed E-state index contributed by atoms with van der Waals surface area (Å²) < 4.78 is 0. The molecule has 0 saturated heterocycles. The third kappa shape index (κ3) is 2.88. The van der Waals surface area contributed by atoms with Crippen LogP contribution in [0.5, 0.6) is 0 Å². The molecule has 4 heteroatoms. The topological polar surface area (TPSA) is 45.2 Å². The highest BCUT2D eigenvalue weighted by Crippen LogP contribution is 2.34. The molecular weight excluding hydrogens is 298 g/mol. The first-order chi connectivity index (χ1) is 11.8. The van der Waals surface area contributed by atoms with Crippen LogP contribution >= 0.6 is 0 Å². The van der Waals surface area contributed by atoms with Crippen molar-refractivity contribution in [3.05, 3.63) is 53.7 Å². The number of pyridine rings is 1. The normalized spacial score (nSPS) is 17.6. The van der Waals surface area contributed by atoms with E-state index in [-0.39, 0.29) is 5.91 Å². The number of hydrogen-bond donors (Lipinski definition) is 1. The molecule has 124 valence electrons. The lowest BCUT2D eigenvalue weighted by atomic mass is 9.95. The van der Waals surface area contributed by atoms with Crippen molar-refractivity contribution < 1.29 is 4.79 Å². The third-order valence-corrected chi connectivity index (χ3v) is 5.11. The molecule has 0 spiro atoms. The maximum atomic E-state index is 12.8. The molecule has 4 rings (SSSR count). The molecule has 1 N–H and O–H groups in total. The Morgan fingerprint density at radius 1 is 1.08 bits per heavy atom. The van der Waals surface area contributed by atoms with Crippen molar-refractivity contribution >= 4 is 17.4 Å². The number of nitrogens with one attached hydrogen (secondary N) is 1. The van der Waals surface area contributed by atoms with E-state index in [9.17, 15) is 4.79 Å². The van der Waals surface area contributed by atoms with Crippen LogP contribution in [-0.2, 0) is 6.42 Å². The molecule has 1 aromatic carbocycles. The molecule has 24 heavy (non-hydrogen) atoms. The second-order valence-corrected chi connectivity index (χ2v) is 6.71. The van der Waals surface area contributed by atoms with Gasteiger partial charge in [-0.1, -0.05) is 37.5 Å². The SMILES string of the molecule is O=C(NC1CCCCC1)c1cccnc1N1CCc2ccccc21. The Bertz CT molecular complexity index is 737. The van der Waals surface area contributed by atoms with Crippen LogP contribution in [0, 0.1) is 0 Å². The van der Waals surface area contributed by atoms with E-state index in [2.05, 4.69) is 33.4 Å². The number of amides is 1. The Balaban J connectivity index is 1.60. The summed E-state index contributed by atoms with van der Waals surface area (Å²) in [6.45, 7) is 0.875. The molecule has 1 amide bonds. The fraction of sp³-hybridized carbons (Fsp3) is 0.400. The number of carbonyl (C=O) groups excluding carboxylic acids is 1. The number of aromatic nitrogens is 1.